The summed E-state index contributed by atoms with van der Waals surface area (Å²) < 4.78 is 31.1. The molecule has 1 fully saturated rings. The van der Waals surface area contributed by atoms with Crippen molar-refractivity contribution in [3.05, 3.63) is 48.8 Å². The summed E-state index contributed by atoms with van der Waals surface area (Å²) in [5, 5.41) is 14.2. The number of hydrogen-bond donors (Lipinski definition) is 2. The Balaban J connectivity index is 1.58. The van der Waals surface area contributed by atoms with Crippen molar-refractivity contribution in [2.24, 2.45) is 7.05 Å². The van der Waals surface area contributed by atoms with Gasteiger partial charge in [-0.1, -0.05) is 6.58 Å². The topological polar surface area (TPSA) is 112 Å². The lowest BCUT2D eigenvalue weighted by Crippen LogP contribution is -2.55. The number of halogens is 2. The number of aromatic nitrogens is 4. The number of aryl methyl sites for hydroxylation is 1. The maximum Gasteiger partial charge on any atom is 0.271 e. The van der Waals surface area contributed by atoms with Crippen LogP contribution >= 0.6 is 0 Å². The highest BCUT2D eigenvalue weighted by Crippen LogP contribution is 2.33. The van der Waals surface area contributed by atoms with Crippen LogP contribution in [0.3, 0.4) is 0 Å². The fourth-order valence-corrected chi connectivity index (χ4v) is 3.59. The van der Waals surface area contributed by atoms with Crippen LogP contribution in [0, 0.1) is 11.3 Å². The van der Waals surface area contributed by atoms with E-state index in [9.17, 15) is 13.6 Å². The molecule has 1 aliphatic heterocycles. The minimum atomic E-state index is -2.97. The molecule has 0 saturated carbocycles. The molecule has 9 nitrogen and oxygen atoms in total. The quantitative estimate of drug-likeness (QED) is 0.589. The molecule has 0 unspecified atom stereocenters. The van der Waals surface area contributed by atoms with Gasteiger partial charge in [0, 0.05) is 32.2 Å². The molecule has 3 aromatic rings. The first-order valence-corrected chi connectivity index (χ1v) is 9.82. The lowest BCUT2D eigenvalue weighted by atomic mass is 10.0. The van der Waals surface area contributed by atoms with Crippen LogP contribution in [0.4, 0.5) is 26.4 Å². The number of piperidine rings is 1. The minimum absolute atomic E-state index is 0.0203. The molecule has 32 heavy (non-hydrogen) atoms. The maximum atomic E-state index is 14.6. The number of alkyl halides is 2. The average Bonchev–Trinajstić information content (AvgIpc) is 3.11. The van der Waals surface area contributed by atoms with Crippen LogP contribution in [0.25, 0.3) is 11.0 Å². The summed E-state index contributed by atoms with van der Waals surface area (Å²) in [7, 11) is 1.81. The Labute approximate surface area is 182 Å². The molecule has 4 rings (SSSR count). The van der Waals surface area contributed by atoms with E-state index in [4.69, 9.17) is 5.26 Å². The van der Waals surface area contributed by atoms with E-state index in [0.717, 1.165) is 5.52 Å². The van der Waals surface area contributed by atoms with Crippen LogP contribution in [-0.4, -0.2) is 50.5 Å². The monoisotopic (exact) mass is 438 g/mol. The molecule has 2 N–H and O–H groups in total. The van der Waals surface area contributed by atoms with Crippen molar-refractivity contribution in [1.29, 1.82) is 5.26 Å². The van der Waals surface area contributed by atoms with Crippen molar-refractivity contribution in [3.63, 3.8) is 0 Å². The molecule has 0 bridgehead atoms. The maximum absolute atomic E-state index is 14.6. The number of imidazole rings is 1. The fraction of sp³-hybridized carbons (Fsp3) is 0.286. The normalized spacial score (nSPS) is 17.6. The van der Waals surface area contributed by atoms with Crippen molar-refractivity contribution in [3.8, 4) is 6.07 Å². The van der Waals surface area contributed by atoms with Crippen LogP contribution in [0.15, 0.2) is 43.2 Å². The number of amides is 1. The Morgan fingerprint density at radius 2 is 2.12 bits per heavy atom. The standard InChI is InChI=1S/C21H20F2N8O/c1-3-18(32)27-14-4-5-16-15(8-14)28-20(30(16)2)31-7-6-21(22,23)17(12-31)29-19-25-10-13(9-24)11-26-19/h3-5,8,10-11,17H,1,6-7,12H2,2H3,(H,27,32)(H,25,26,29)/t17-/m0/s1. The Morgan fingerprint density at radius 3 is 2.81 bits per heavy atom. The molecular formula is C21H20F2N8O. The van der Waals surface area contributed by atoms with Crippen LogP contribution in [0.5, 0.6) is 0 Å². The molecule has 1 atom stereocenters. The number of benzene rings is 1. The predicted octanol–water partition coefficient (Wildman–Crippen LogP) is 2.69. The molecule has 3 heterocycles. The van der Waals surface area contributed by atoms with Gasteiger partial charge in [0.15, 0.2) is 0 Å². The molecule has 0 spiro atoms. The molecule has 2 aromatic heterocycles. The number of nitrogens with zero attached hydrogens (tertiary/aromatic N) is 6. The number of carbonyl (C=O) groups excluding carboxylic acids is 1. The first-order chi connectivity index (χ1) is 15.3. The predicted molar refractivity (Wildman–Crippen MR) is 115 cm³/mol. The number of carbonyl (C=O) groups is 1. The fourth-order valence-electron chi connectivity index (χ4n) is 3.59. The van der Waals surface area contributed by atoms with E-state index in [0.29, 0.717) is 17.2 Å². The number of anilines is 3. The highest BCUT2D eigenvalue weighted by molar-refractivity contribution is 6.00. The van der Waals surface area contributed by atoms with E-state index in [1.165, 1.54) is 18.5 Å². The van der Waals surface area contributed by atoms with Crippen molar-refractivity contribution >= 4 is 34.5 Å². The lowest BCUT2D eigenvalue weighted by Gasteiger charge is -2.39. The van der Waals surface area contributed by atoms with E-state index >= 15 is 0 Å². The van der Waals surface area contributed by atoms with Crippen molar-refractivity contribution < 1.29 is 13.6 Å². The zero-order chi connectivity index (χ0) is 22.9. The average molecular weight is 438 g/mol. The zero-order valence-electron chi connectivity index (χ0n) is 17.2. The van der Waals surface area contributed by atoms with Gasteiger partial charge in [-0.15, -0.1) is 0 Å². The Kier molecular flexibility index (Phi) is 5.44. The Bertz CT molecular complexity index is 1220. The molecule has 1 aromatic carbocycles. The van der Waals surface area contributed by atoms with Crippen LogP contribution in [0.2, 0.25) is 0 Å². The summed E-state index contributed by atoms with van der Waals surface area (Å²) in [6.07, 6.45) is 3.36. The van der Waals surface area contributed by atoms with Crippen LogP contribution < -0.4 is 15.5 Å². The molecule has 0 radical (unpaired) electrons. The van der Waals surface area contributed by atoms with Gasteiger partial charge in [-0.3, -0.25) is 4.79 Å². The van der Waals surface area contributed by atoms with E-state index in [-0.39, 0.29) is 36.9 Å². The van der Waals surface area contributed by atoms with E-state index in [2.05, 4.69) is 32.2 Å². The van der Waals surface area contributed by atoms with E-state index in [1.807, 2.05) is 23.8 Å². The molecule has 164 valence electrons. The number of nitrogens with one attached hydrogen (secondary N) is 2. The van der Waals surface area contributed by atoms with Crippen LogP contribution in [-0.2, 0) is 11.8 Å². The third-order valence-electron chi connectivity index (χ3n) is 5.31. The second kappa shape index (κ2) is 8.22. The summed E-state index contributed by atoms with van der Waals surface area (Å²) in [5.41, 5.74) is 2.24. The van der Waals surface area contributed by atoms with Crippen molar-refractivity contribution in [2.45, 2.75) is 18.4 Å². The van der Waals surface area contributed by atoms with Crippen LogP contribution in [0.1, 0.15) is 12.0 Å². The van der Waals surface area contributed by atoms with E-state index in [1.54, 1.807) is 17.0 Å². The van der Waals surface area contributed by atoms with Gasteiger partial charge in [0.25, 0.3) is 5.92 Å². The van der Waals surface area contributed by atoms with E-state index < -0.39 is 12.0 Å². The highest BCUT2D eigenvalue weighted by Gasteiger charge is 2.45. The Hall–Kier alpha value is -4.07. The van der Waals surface area contributed by atoms with Gasteiger partial charge in [-0.05, 0) is 24.3 Å². The number of hydrogen-bond acceptors (Lipinski definition) is 7. The van der Waals surface area contributed by atoms with Gasteiger partial charge in [0.05, 0.1) is 29.0 Å². The number of fused-ring (bicyclic) bond motifs is 1. The molecule has 1 aliphatic rings. The summed E-state index contributed by atoms with van der Waals surface area (Å²) in [4.78, 5) is 25.8. The number of nitriles is 1. The molecule has 1 saturated heterocycles. The lowest BCUT2D eigenvalue weighted by molar-refractivity contribution is -0.111. The smallest absolute Gasteiger partial charge is 0.271 e. The van der Waals surface area contributed by atoms with Gasteiger partial charge < -0.3 is 20.1 Å². The molecular weight excluding hydrogens is 418 g/mol. The first kappa shape index (κ1) is 21.2. The summed E-state index contributed by atoms with van der Waals surface area (Å²) in [5.74, 6) is -2.74. The summed E-state index contributed by atoms with van der Waals surface area (Å²) >= 11 is 0. The van der Waals surface area contributed by atoms with Gasteiger partial charge in [0.1, 0.15) is 12.1 Å². The van der Waals surface area contributed by atoms with Crippen molar-refractivity contribution in [1.82, 2.24) is 19.5 Å². The third kappa shape index (κ3) is 4.07. The molecule has 0 aliphatic carbocycles. The first-order valence-electron chi connectivity index (χ1n) is 9.82. The second-order valence-electron chi connectivity index (χ2n) is 7.43. The minimum Gasteiger partial charge on any atom is -0.344 e. The highest BCUT2D eigenvalue weighted by atomic mass is 19.3. The number of rotatable bonds is 5. The van der Waals surface area contributed by atoms with Gasteiger partial charge in [-0.2, -0.15) is 5.26 Å². The molecule has 11 heteroatoms. The SMILES string of the molecule is C=CC(=O)Nc1ccc2c(c1)nc(N1CCC(F)(F)[C@@H](Nc3ncc(C#N)cn3)C1)n2C. The van der Waals surface area contributed by atoms with Gasteiger partial charge in [-0.25, -0.2) is 23.7 Å². The molecule has 1 amide bonds. The van der Waals surface area contributed by atoms with Gasteiger partial charge in [0.2, 0.25) is 17.8 Å². The van der Waals surface area contributed by atoms with Gasteiger partial charge >= 0.3 is 0 Å². The Morgan fingerprint density at radius 1 is 1.38 bits per heavy atom. The third-order valence-corrected chi connectivity index (χ3v) is 5.31. The summed E-state index contributed by atoms with van der Waals surface area (Å²) in [6.45, 7) is 3.53. The summed E-state index contributed by atoms with van der Waals surface area (Å²) in [6, 6.07) is 5.92. The zero-order valence-corrected chi connectivity index (χ0v) is 17.2. The largest absolute Gasteiger partial charge is 0.344 e. The second-order valence-corrected chi connectivity index (χ2v) is 7.43. The van der Waals surface area contributed by atoms with Crippen molar-refractivity contribution in [2.75, 3.05) is 28.6 Å².